The molecule has 0 aliphatic rings. The minimum atomic E-state index is -4.85. The molecule has 0 aliphatic carbocycles. The summed E-state index contributed by atoms with van der Waals surface area (Å²) in [5, 5.41) is 2.34. The number of carbonyl (C=O) groups excluding carboxylic acids is 1. The number of nitrogens with one attached hydrogen (secondary N) is 1. The van der Waals surface area contributed by atoms with Gasteiger partial charge < -0.3 is 9.73 Å². The van der Waals surface area contributed by atoms with Crippen LogP contribution in [0.5, 0.6) is 0 Å². The summed E-state index contributed by atoms with van der Waals surface area (Å²) >= 11 is 0. The standard InChI is InChI=1S/C16H10F4N2O2/c1-8-21-13-5-3-10(7-14(13)24-8)22-15(23)11-4-2-9(17)6-12(11)16(18,19)20/h2-7H,1H3,(H,22,23). The first kappa shape index (κ1) is 16.0. The van der Waals surface area contributed by atoms with Gasteiger partial charge in [-0.3, -0.25) is 4.79 Å². The van der Waals surface area contributed by atoms with Gasteiger partial charge >= 0.3 is 6.18 Å². The number of fused-ring (bicyclic) bond motifs is 1. The van der Waals surface area contributed by atoms with Crippen molar-refractivity contribution in [2.45, 2.75) is 13.1 Å². The van der Waals surface area contributed by atoms with Crippen molar-refractivity contribution in [3.8, 4) is 0 Å². The monoisotopic (exact) mass is 338 g/mol. The maximum Gasteiger partial charge on any atom is 0.417 e. The molecule has 4 nitrogen and oxygen atoms in total. The van der Waals surface area contributed by atoms with E-state index in [1.165, 1.54) is 12.1 Å². The Morgan fingerprint density at radius 3 is 2.62 bits per heavy atom. The van der Waals surface area contributed by atoms with Crippen molar-refractivity contribution in [2.24, 2.45) is 0 Å². The van der Waals surface area contributed by atoms with Crippen LogP contribution in [0.15, 0.2) is 40.8 Å². The fourth-order valence-electron chi connectivity index (χ4n) is 2.27. The Labute approximate surface area is 133 Å². The van der Waals surface area contributed by atoms with Gasteiger partial charge in [0.1, 0.15) is 11.3 Å². The summed E-state index contributed by atoms with van der Waals surface area (Å²) in [4.78, 5) is 16.2. The topological polar surface area (TPSA) is 55.1 Å². The van der Waals surface area contributed by atoms with Crippen LogP contribution in [-0.4, -0.2) is 10.9 Å². The predicted octanol–water partition coefficient (Wildman–Crippen LogP) is 4.55. The Morgan fingerprint density at radius 2 is 1.92 bits per heavy atom. The van der Waals surface area contributed by atoms with E-state index in [0.29, 0.717) is 17.0 Å². The zero-order valence-corrected chi connectivity index (χ0v) is 12.2. The van der Waals surface area contributed by atoms with Crippen molar-refractivity contribution < 1.29 is 26.8 Å². The van der Waals surface area contributed by atoms with Crippen LogP contribution in [0.1, 0.15) is 21.8 Å². The summed E-state index contributed by atoms with van der Waals surface area (Å²) in [6.07, 6.45) is -4.85. The van der Waals surface area contributed by atoms with Gasteiger partial charge in [0.2, 0.25) is 0 Å². The number of carbonyl (C=O) groups is 1. The molecule has 3 aromatic rings. The second-order valence-corrected chi connectivity index (χ2v) is 5.06. The number of aryl methyl sites for hydroxylation is 1. The molecular weight excluding hydrogens is 328 g/mol. The molecule has 24 heavy (non-hydrogen) atoms. The molecular formula is C16H10F4N2O2. The SMILES string of the molecule is Cc1nc2ccc(NC(=O)c3ccc(F)cc3C(F)(F)F)cc2o1. The van der Waals surface area contributed by atoms with Gasteiger partial charge in [-0.25, -0.2) is 9.37 Å². The second-order valence-electron chi connectivity index (χ2n) is 5.06. The zero-order chi connectivity index (χ0) is 17.5. The molecule has 1 amide bonds. The number of alkyl halides is 3. The quantitative estimate of drug-likeness (QED) is 0.698. The highest BCUT2D eigenvalue weighted by molar-refractivity contribution is 6.06. The van der Waals surface area contributed by atoms with Crippen molar-refractivity contribution in [1.29, 1.82) is 0 Å². The number of oxazole rings is 1. The highest BCUT2D eigenvalue weighted by atomic mass is 19.4. The fraction of sp³-hybridized carbons (Fsp3) is 0.125. The second kappa shape index (κ2) is 5.63. The molecule has 0 radical (unpaired) electrons. The molecule has 0 saturated carbocycles. The number of nitrogens with zero attached hydrogens (tertiary/aromatic N) is 1. The zero-order valence-electron chi connectivity index (χ0n) is 12.2. The largest absolute Gasteiger partial charge is 0.441 e. The molecule has 124 valence electrons. The Morgan fingerprint density at radius 1 is 1.17 bits per heavy atom. The van der Waals surface area contributed by atoms with Crippen molar-refractivity contribution >= 4 is 22.7 Å². The van der Waals surface area contributed by atoms with E-state index in [4.69, 9.17) is 4.42 Å². The number of anilines is 1. The normalized spacial score (nSPS) is 11.7. The van der Waals surface area contributed by atoms with Gasteiger partial charge in [-0.2, -0.15) is 13.2 Å². The van der Waals surface area contributed by atoms with Crippen LogP contribution in [-0.2, 0) is 6.18 Å². The summed E-state index contributed by atoms with van der Waals surface area (Å²) in [7, 11) is 0. The summed E-state index contributed by atoms with van der Waals surface area (Å²) in [5.74, 6) is -1.65. The maximum atomic E-state index is 13.1. The van der Waals surface area contributed by atoms with E-state index in [-0.39, 0.29) is 11.8 Å². The third kappa shape index (κ3) is 3.08. The molecule has 1 aromatic heterocycles. The summed E-state index contributed by atoms with van der Waals surface area (Å²) in [6.45, 7) is 1.65. The van der Waals surface area contributed by atoms with Gasteiger partial charge in [-0.1, -0.05) is 0 Å². The van der Waals surface area contributed by atoms with Crippen molar-refractivity contribution in [2.75, 3.05) is 5.32 Å². The first-order valence-corrected chi connectivity index (χ1v) is 6.79. The van der Waals surface area contributed by atoms with Gasteiger partial charge in [0.05, 0.1) is 11.1 Å². The Hall–Kier alpha value is -2.90. The van der Waals surface area contributed by atoms with E-state index in [9.17, 15) is 22.4 Å². The van der Waals surface area contributed by atoms with E-state index >= 15 is 0 Å². The fourth-order valence-corrected chi connectivity index (χ4v) is 2.27. The van der Waals surface area contributed by atoms with Crippen LogP contribution in [0.25, 0.3) is 11.1 Å². The third-order valence-electron chi connectivity index (χ3n) is 3.28. The summed E-state index contributed by atoms with van der Waals surface area (Å²) < 4.78 is 57.3. The summed E-state index contributed by atoms with van der Waals surface area (Å²) in [6, 6.07) is 6.38. The molecule has 0 atom stereocenters. The number of amides is 1. The third-order valence-corrected chi connectivity index (χ3v) is 3.28. The van der Waals surface area contributed by atoms with Crippen LogP contribution in [0.3, 0.4) is 0 Å². The van der Waals surface area contributed by atoms with Crippen molar-refractivity contribution in [3.05, 3.63) is 59.2 Å². The van der Waals surface area contributed by atoms with Crippen LogP contribution in [0.2, 0.25) is 0 Å². The van der Waals surface area contributed by atoms with Crippen LogP contribution >= 0.6 is 0 Å². The molecule has 0 aliphatic heterocycles. The van der Waals surface area contributed by atoms with E-state index in [1.807, 2.05) is 0 Å². The highest BCUT2D eigenvalue weighted by Gasteiger charge is 2.35. The Balaban J connectivity index is 1.94. The molecule has 0 fully saturated rings. The van der Waals surface area contributed by atoms with E-state index in [0.717, 1.165) is 12.1 Å². The number of hydrogen-bond donors (Lipinski definition) is 1. The van der Waals surface area contributed by atoms with Gasteiger partial charge in [-0.05, 0) is 30.3 Å². The summed E-state index contributed by atoms with van der Waals surface area (Å²) in [5.41, 5.74) is -0.820. The highest BCUT2D eigenvalue weighted by Crippen LogP contribution is 2.33. The lowest BCUT2D eigenvalue weighted by Crippen LogP contribution is -2.19. The average Bonchev–Trinajstić information content (AvgIpc) is 2.85. The van der Waals surface area contributed by atoms with E-state index in [2.05, 4.69) is 10.3 Å². The molecule has 0 spiro atoms. The molecule has 8 heteroatoms. The van der Waals surface area contributed by atoms with Crippen LogP contribution in [0.4, 0.5) is 23.2 Å². The number of halogens is 4. The smallest absolute Gasteiger partial charge is 0.417 e. The maximum absolute atomic E-state index is 13.1. The first-order valence-electron chi connectivity index (χ1n) is 6.79. The van der Waals surface area contributed by atoms with Gasteiger partial charge in [-0.15, -0.1) is 0 Å². The van der Waals surface area contributed by atoms with Crippen LogP contribution in [0, 0.1) is 12.7 Å². The van der Waals surface area contributed by atoms with E-state index < -0.39 is 29.0 Å². The lowest BCUT2D eigenvalue weighted by Gasteiger charge is -2.13. The van der Waals surface area contributed by atoms with Crippen molar-refractivity contribution in [3.63, 3.8) is 0 Å². The molecule has 3 rings (SSSR count). The minimum Gasteiger partial charge on any atom is -0.441 e. The minimum absolute atomic E-state index is 0.237. The Kier molecular flexibility index (Phi) is 3.75. The molecule has 2 aromatic carbocycles. The molecule has 0 bridgehead atoms. The Bertz CT molecular complexity index is 931. The lowest BCUT2D eigenvalue weighted by molar-refractivity contribution is -0.138. The number of hydrogen-bond acceptors (Lipinski definition) is 3. The van der Waals surface area contributed by atoms with Gasteiger partial charge in [0.25, 0.3) is 5.91 Å². The van der Waals surface area contributed by atoms with Crippen molar-refractivity contribution in [1.82, 2.24) is 4.98 Å². The van der Waals surface area contributed by atoms with Gasteiger partial charge in [0, 0.05) is 18.7 Å². The predicted molar refractivity (Wildman–Crippen MR) is 78.1 cm³/mol. The molecule has 1 heterocycles. The van der Waals surface area contributed by atoms with E-state index in [1.54, 1.807) is 13.0 Å². The van der Waals surface area contributed by atoms with Gasteiger partial charge in [0.15, 0.2) is 11.5 Å². The number of rotatable bonds is 2. The average molecular weight is 338 g/mol. The first-order chi connectivity index (χ1) is 11.2. The lowest BCUT2D eigenvalue weighted by atomic mass is 10.1. The van der Waals surface area contributed by atoms with Crippen LogP contribution < -0.4 is 5.32 Å². The molecule has 1 N–H and O–H groups in total. The number of benzene rings is 2. The molecule has 0 unspecified atom stereocenters. The molecule has 0 saturated heterocycles. The number of aromatic nitrogens is 1.